The normalized spacial score (nSPS) is 17.0. The maximum atomic E-state index is 12.9. The number of ether oxygens (including phenoxy) is 2. The molecule has 0 aliphatic carbocycles. The van der Waals surface area contributed by atoms with E-state index in [0.717, 1.165) is 11.1 Å². The molecule has 2 N–H and O–H groups in total. The average molecular weight is 478 g/mol. The molecule has 9 nitrogen and oxygen atoms in total. The molecular formula is C21H24ClN5O4S. The highest BCUT2D eigenvalue weighted by Crippen LogP contribution is 2.31. The van der Waals surface area contributed by atoms with Gasteiger partial charge in [0.1, 0.15) is 11.1 Å². The van der Waals surface area contributed by atoms with E-state index in [1.54, 1.807) is 15.5 Å². The minimum Gasteiger partial charge on any atom is -0.444 e. The monoisotopic (exact) mass is 477 g/mol. The first-order chi connectivity index (χ1) is 15.1. The maximum absolute atomic E-state index is 12.9. The summed E-state index contributed by atoms with van der Waals surface area (Å²) in [6, 6.07) is 5.09. The summed E-state index contributed by atoms with van der Waals surface area (Å²) < 4.78 is 13.3. The zero-order valence-corrected chi connectivity index (χ0v) is 19.5. The predicted molar refractivity (Wildman–Crippen MR) is 123 cm³/mol. The number of amides is 1. The zero-order chi connectivity index (χ0) is 23.0. The number of hydrogen-bond donors (Lipinski definition) is 2. The zero-order valence-electron chi connectivity index (χ0n) is 18.0. The van der Waals surface area contributed by atoms with Gasteiger partial charge in [-0.25, -0.2) is 9.78 Å². The van der Waals surface area contributed by atoms with E-state index in [0.29, 0.717) is 42.5 Å². The van der Waals surface area contributed by atoms with Gasteiger partial charge in [-0.05, 0) is 56.2 Å². The van der Waals surface area contributed by atoms with Gasteiger partial charge in [0.25, 0.3) is 5.56 Å². The van der Waals surface area contributed by atoms with Crippen LogP contribution in [-0.2, 0) is 16.0 Å². The van der Waals surface area contributed by atoms with Crippen LogP contribution in [-0.4, -0.2) is 55.9 Å². The van der Waals surface area contributed by atoms with Gasteiger partial charge < -0.3 is 14.5 Å². The number of imidazole rings is 1. The summed E-state index contributed by atoms with van der Waals surface area (Å²) in [6.07, 6.45) is 1.04. The Hall–Kier alpha value is -2.69. The molecule has 11 heteroatoms. The molecule has 1 aliphatic rings. The van der Waals surface area contributed by atoms with Crippen LogP contribution >= 0.6 is 23.8 Å². The molecular weight excluding hydrogens is 454 g/mol. The lowest BCUT2D eigenvalue weighted by molar-refractivity contribution is -0.0333. The molecule has 0 saturated carbocycles. The number of morpholine rings is 1. The van der Waals surface area contributed by atoms with Crippen LogP contribution in [0, 0.1) is 4.77 Å². The number of rotatable bonds is 3. The standard InChI is InChI=1S/C21H24ClN5O4S/c1-21(2,3)31-20(29)26-6-7-30-10-15(26)14-8-13(22)5-4-12(14)9-27-17-16(23-11-24-17)18(28)25-19(27)32/h4-5,8,11,15H,6-7,9-10H2,1-3H3,(H,23,24)(H,25,28,32). The van der Waals surface area contributed by atoms with Crippen molar-refractivity contribution in [3.8, 4) is 0 Å². The molecule has 1 aliphatic heterocycles. The van der Waals surface area contributed by atoms with Crippen LogP contribution < -0.4 is 5.56 Å². The lowest BCUT2D eigenvalue weighted by Crippen LogP contribution is -2.46. The second kappa shape index (κ2) is 8.68. The first-order valence-corrected chi connectivity index (χ1v) is 10.9. The Morgan fingerprint density at radius 1 is 1.41 bits per heavy atom. The van der Waals surface area contributed by atoms with Gasteiger partial charge >= 0.3 is 6.09 Å². The van der Waals surface area contributed by atoms with Crippen LogP contribution in [0.3, 0.4) is 0 Å². The molecule has 0 spiro atoms. The fraction of sp³-hybridized carbons (Fsp3) is 0.429. The average Bonchev–Trinajstić information content (AvgIpc) is 3.21. The molecule has 0 radical (unpaired) electrons. The van der Waals surface area contributed by atoms with E-state index in [-0.39, 0.29) is 16.4 Å². The van der Waals surface area contributed by atoms with Crippen molar-refractivity contribution in [3.05, 3.63) is 55.8 Å². The van der Waals surface area contributed by atoms with E-state index < -0.39 is 11.7 Å². The lowest BCUT2D eigenvalue weighted by atomic mass is 9.98. The second-order valence-electron chi connectivity index (χ2n) is 8.55. The molecule has 0 bridgehead atoms. The van der Waals surface area contributed by atoms with E-state index in [1.165, 1.54) is 6.33 Å². The number of aromatic amines is 2. The highest BCUT2D eigenvalue weighted by atomic mass is 35.5. The van der Waals surface area contributed by atoms with Crippen LogP contribution in [0.4, 0.5) is 4.79 Å². The fourth-order valence-corrected chi connectivity index (χ4v) is 4.14. The molecule has 2 aromatic heterocycles. The molecule has 1 aromatic carbocycles. The van der Waals surface area contributed by atoms with Crippen LogP contribution in [0.2, 0.25) is 5.02 Å². The summed E-state index contributed by atoms with van der Waals surface area (Å²) in [7, 11) is 0. The molecule has 170 valence electrons. The van der Waals surface area contributed by atoms with Crippen molar-refractivity contribution in [1.29, 1.82) is 0 Å². The molecule has 1 saturated heterocycles. The largest absolute Gasteiger partial charge is 0.444 e. The molecule has 1 fully saturated rings. The lowest BCUT2D eigenvalue weighted by Gasteiger charge is -2.37. The number of hydrogen-bond acceptors (Lipinski definition) is 6. The third-order valence-electron chi connectivity index (χ3n) is 5.12. The summed E-state index contributed by atoms with van der Waals surface area (Å²) in [5.74, 6) is 0. The number of H-pyrrole nitrogens is 2. The van der Waals surface area contributed by atoms with Crippen molar-refractivity contribution in [2.24, 2.45) is 0 Å². The number of nitrogens with zero attached hydrogens (tertiary/aromatic N) is 3. The van der Waals surface area contributed by atoms with Crippen molar-refractivity contribution in [1.82, 2.24) is 24.4 Å². The first-order valence-electron chi connectivity index (χ1n) is 10.2. The van der Waals surface area contributed by atoms with Gasteiger partial charge in [-0.1, -0.05) is 17.7 Å². The number of carbonyl (C=O) groups excluding carboxylic acids is 1. The van der Waals surface area contributed by atoms with E-state index in [1.807, 2.05) is 32.9 Å². The third kappa shape index (κ3) is 4.57. The van der Waals surface area contributed by atoms with Gasteiger partial charge in [0.2, 0.25) is 0 Å². The van der Waals surface area contributed by atoms with Crippen molar-refractivity contribution in [2.45, 2.75) is 39.0 Å². The van der Waals surface area contributed by atoms with Crippen LogP contribution in [0.25, 0.3) is 11.2 Å². The van der Waals surface area contributed by atoms with Crippen molar-refractivity contribution in [2.75, 3.05) is 19.8 Å². The van der Waals surface area contributed by atoms with Gasteiger partial charge in [-0.15, -0.1) is 0 Å². The molecule has 3 heterocycles. The Bertz CT molecular complexity index is 1280. The molecule has 1 amide bonds. The second-order valence-corrected chi connectivity index (χ2v) is 9.38. The Balaban J connectivity index is 1.76. The van der Waals surface area contributed by atoms with E-state index in [9.17, 15) is 9.59 Å². The van der Waals surface area contributed by atoms with E-state index in [4.69, 9.17) is 33.3 Å². The van der Waals surface area contributed by atoms with Crippen molar-refractivity contribution < 1.29 is 14.3 Å². The summed E-state index contributed by atoms with van der Waals surface area (Å²) in [5.41, 5.74) is 1.53. The van der Waals surface area contributed by atoms with E-state index >= 15 is 0 Å². The highest BCUT2D eigenvalue weighted by Gasteiger charge is 2.33. The Labute approximate surface area is 194 Å². The number of halogens is 1. The van der Waals surface area contributed by atoms with Gasteiger partial charge in [0.15, 0.2) is 10.4 Å². The van der Waals surface area contributed by atoms with Crippen molar-refractivity contribution >= 4 is 41.1 Å². The van der Waals surface area contributed by atoms with Gasteiger partial charge in [0, 0.05) is 11.6 Å². The Morgan fingerprint density at radius 2 is 2.19 bits per heavy atom. The van der Waals surface area contributed by atoms with Gasteiger partial charge in [-0.2, -0.15) is 0 Å². The molecule has 1 atom stereocenters. The number of nitrogens with one attached hydrogen (secondary N) is 2. The fourth-order valence-electron chi connectivity index (χ4n) is 3.72. The summed E-state index contributed by atoms with van der Waals surface area (Å²) in [4.78, 5) is 36.5. The van der Waals surface area contributed by atoms with E-state index in [2.05, 4.69) is 15.0 Å². The summed E-state index contributed by atoms with van der Waals surface area (Å²) >= 11 is 11.7. The molecule has 3 aromatic rings. The Morgan fingerprint density at radius 3 is 2.94 bits per heavy atom. The van der Waals surface area contributed by atoms with Gasteiger partial charge in [-0.3, -0.25) is 19.2 Å². The van der Waals surface area contributed by atoms with Crippen LogP contribution in [0.5, 0.6) is 0 Å². The minimum atomic E-state index is -0.619. The highest BCUT2D eigenvalue weighted by molar-refractivity contribution is 7.71. The van der Waals surface area contributed by atoms with Gasteiger partial charge in [0.05, 0.1) is 32.1 Å². The third-order valence-corrected chi connectivity index (χ3v) is 5.68. The number of aromatic nitrogens is 4. The van der Waals surface area contributed by atoms with Crippen LogP contribution in [0.15, 0.2) is 29.3 Å². The number of carbonyl (C=O) groups is 1. The number of benzene rings is 1. The topological polar surface area (TPSA) is 105 Å². The SMILES string of the molecule is CC(C)(C)OC(=O)N1CCOCC1c1cc(Cl)ccc1Cn1c(=S)[nH]c(=O)c2[nH]cnc21. The maximum Gasteiger partial charge on any atom is 0.410 e. The summed E-state index contributed by atoms with van der Waals surface area (Å²) in [6.45, 7) is 6.94. The quantitative estimate of drug-likeness (QED) is 0.556. The summed E-state index contributed by atoms with van der Waals surface area (Å²) in [5, 5.41) is 0.536. The predicted octanol–water partition coefficient (Wildman–Crippen LogP) is 3.79. The Kier molecular flexibility index (Phi) is 6.11. The minimum absolute atomic E-state index is 0.249. The molecule has 4 rings (SSSR count). The number of fused-ring (bicyclic) bond motifs is 1. The molecule has 1 unspecified atom stereocenters. The molecule has 32 heavy (non-hydrogen) atoms. The van der Waals surface area contributed by atoms with Crippen molar-refractivity contribution in [3.63, 3.8) is 0 Å². The van der Waals surface area contributed by atoms with Crippen LogP contribution in [0.1, 0.15) is 37.9 Å². The first kappa shape index (κ1) is 22.5. The smallest absolute Gasteiger partial charge is 0.410 e.